The van der Waals surface area contributed by atoms with Gasteiger partial charge in [-0.15, -0.1) is 0 Å². The third-order valence-electron chi connectivity index (χ3n) is 5.30. The van der Waals surface area contributed by atoms with Crippen molar-refractivity contribution in [3.05, 3.63) is 76.9 Å². The second kappa shape index (κ2) is 7.72. The summed E-state index contributed by atoms with van der Waals surface area (Å²) in [4.78, 5) is 14.4. The number of morpholine rings is 1. The van der Waals surface area contributed by atoms with Crippen LogP contribution in [0.25, 0.3) is 5.57 Å². The Balaban J connectivity index is 1.54. The van der Waals surface area contributed by atoms with Crippen LogP contribution >= 0.6 is 0 Å². The van der Waals surface area contributed by atoms with E-state index < -0.39 is 11.6 Å². The van der Waals surface area contributed by atoms with E-state index in [0.717, 1.165) is 17.2 Å². The minimum atomic E-state index is -0.854. The summed E-state index contributed by atoms with van der Waals surface area (Å²) in [5.74, 6) is -1.68. The van der Waals surface area contributed by atoms with Crippen LogP contribution in [0.1, 0.15) is 23.1 Å². The largest absolute Gasteiger partial charge is 0.445 e. The molecule has 4 rings (SSSR count). The Morgan fingerprint density at radius 2 is 1.96 bits per heavy atom. The molecule has 0 saturated carbocycles. The second-order valence-corrected chi connectivity index (χ2v) is 7.14. The van der Waals surface area contributed by atoms with Gasteiger partial charge in [0.15, 0.2) is 11.6 Å². The predicted octanol–water partition coefficient (Wildman–Crippen LogP) is 4.47. The van der Waals surface area contributed by atoms with E-state index in [1.165, 1.54) is 0 Å². The number of halogens is 2. The predicted molar refractivity (Wildman–Crippen MR) is 101 cm³/mol. The lowest BCUT2D eigenvalue weighted by atomic mass is 9.88. The highest BCUT2D eigenvalue weighted by atomic mass is 19.2. The van der Waals surface area contributed by atoms with Crippen molar-refractivity contribution < 1.29 is 23.0 Å². The monoisotopic (exact) mass is 385 g/mol. The third-order valence-corrected chi connectivity index (χ3v) is 5.30. The molecule has 2 heterocycles. The Morgan fingerprint density at radius 3 is 2.71 bits per heavy atom. The summed E-state index contributed by atoms with van der Waals surface area (Å²) in [7, 11) is 0. The first-order valence-electron chi connectivity index (χ1n) is 9.27. The molecule has 2 aliphatic heterocycles. The lowest BCUT2D eigenvalue weighted by Crippen LogP contribution is -2.56. The number of benzene rings is 2. The van der Waals surface area contributed by atoms with Gasteiger partial charge in [0.25, 0.3) is 0 Å². The van der Waals surface area contributed by atoms with Gasteiger partial charge in [0.05, 0.1) is 25.3 Å². The standard InChI is InChI=1S/C22H21F2NO3/c1-14-19(7-8-20(23)21(14)24)16-9-17-12-27-13-18(10-16)25(17)22(26)28-11-15-5-3-2-4-6-15/h2-9,17-18H,10-13H2,1H3. The smallest absolute Gasteiger partial charge is 0.411 e. The molecule has 2 unspecified atom stereocenters. The van der Waals surface area contributed by atoms with Crippen LogP contribution in [0.15, 0.2) is 48.5 Å². The normalized spacial score (nSPS) is 21.2. The molecule has 0 aromatic heterocycles. The van der Waals surface area contributed by atoms with Crippen molar-refractivity contribution in [2.75, 3.05) is 13.2 Å². The Bertz CT molecular complexity index is 913. The number of carbonyl (C=O) groups excluding carboxylic acids is 1. The van der Waals surface area contributed by atoms with Crippen molar-refractivity contribution in [3.8, 4) is 0 Å². The lowest BCUT2D eigenvalue weighted by Gasteiger charge is -2.44. The molecule has 1 fully saturated rings. The van der Waals surface area contributed by atoms with Crippen LogP contribution in [0.3, 0.4) is 0 Å². The molecule has 2 aromatic carbocycles. The molecule has 0 N–H and O–H groups in total. The van der Waals surface area contributed by atoms with Gasteiger partial charge in [-0.2, -0.15) is 0 Å². The molecule has 1 saturated heterocycles. The first-order valence-corrected chi connectivity index (χ1v) is 9.27. The minimum absolute atomic E-state index is 0.200. The average Bonchev–Trinajstić information content (AvgIpc) is 2.70. The van der Waals surface area contributed by atoms with Crippen LogP contribution in [0.2, 0.25) is 0 Å². The van der Waals surface area contributed by atoms with Gasteiger partial charge < -0.3 is 9.47 Å². The summed E-state index contributed by atoms with van der Waals surface area (Å²) in [5, 5.41) is 0. The van der Waals surface area contributed by atoms with E-state index >= 15 is 0 Å². The molecule has 2 aromatic rings. The molecule has 4 nitrogen and oxygen atoms in total. The summed E-state index contributed by atoms with van der Waals surface area (Å²) >= 11 is 0. The molecule has 6 heteroatoms. The number of rotatable bonds is 3. The van der Waals surface area contributed by atoms with Crippen LogP contribution in [-0.2, 0) is 16.1 Å². The Hall–Kier alpha value is -2.73. The van der Waals surface area contributed by atoms with Crippen LogP contribution in [0, 0.1) is 18.6 Å². The molecule has 2 aliphatic rings. The molecule has 2 atom stereocenters. The van der Waals surface area contributed by atoms with E-state index in [1.807, 2.05) is 36.4 Å². The molecule has 2 bridgehead atoms. The number of amides is 1. The van der Waals surface area contributed by atoms with Gasteiger partial charge in [-0.1, -0.05) is 42.5 Å². The van der Waals surface area contributed by atoms with Gasteiger partial charge in [-0.3, -0.25) is 4.90 Å². The van der Waals surface area contributed by atoms with Gasteiger partial charge in [0.1, 0.15) is 6.61 Å². The number of ether oxygens (including phenoxy) is 2. The van der Waals surface area contributed by atoms with Crippen LogP contribution in [0.4, 0.5) is 13.6 Å². The van der Waals surface area contributed by atoms with Gasteiger partial charge in [-0.05, 0) is 41.7 Å². The van der Waals surface area contributed by atoms with E-state index in [4.69, 9.17) is 9.47 Å². The van der Waals surface area contributed by atoms with Crippen molar-refractivity contribution >= 4 is 11.7 Å². The van der Waals surface area contributed by atoms with E-state index in [1.54, 1.807) is 17.9 Å². The fraction of sp³-hybridized carbons (Fsp3) is 0.318. The highest BCUT2D eigenvalue weighted by Crippen LogP contribution is 2.35. The summed E-state index contributed by atoms with van der Waals surface area (Å²) in [6.45, 7) is 2.51. The third kappa shape index (κ3) is 3.52. The molecule has 28 heavy (non-hydrogen) atoms. The van der Waals surface area contributed by atoms with Gasteiger partial charge in [0.2, 0.25) is 0 Å². The minimum Gasteiger partial charge on any atom is -0.445 e. The highest BCUT2D eigenvalue weighted by molar-refractivity contribution is 5.75. The highest BCUT2D eigenvalue weighted by Gasteiger charge is 2.39. The van der Waals surface area contributed by atoms with E-state index in [0.29, 0.717) is 25.2 Å². The molecule has 146 valence electrons. The number of hydrogen-bond acceptors (Lipinski definition) is 3. The number of fused-ring (bicyclic) bond motifs is 2. The molecule has 0 aliphatic carbocycles. The van der Waals surface area contributed by atoms with Gasteiger partial charge in [0, 0.05) is 0 Å². The second-order valence-electron chi connectivity index (χ2n) is 7.14. The fourth-order valence-electron chi connectivity index (χ4n) is 3.87. The van der Waals surface area contributed by atoms with Crippen molar-refractivity contribution in [2.45, 2.75) is 32.0 Å². The average molecular weight is 385 g/mol. The van der Waals surface area contributed by atoms with E-state index in [-0.39, 0.29) is 30.3 Å². The Labute approximate surface area is 162 Å². The summed E-state index contributed by atoms with van der Waals surface area (Å²) in [5.41, 5.74) is 2.78. The first-order chi connectivity index (χ1) is 13.5. The lowest BCUT2D eigenvalue weighted by molar-refractivity contribution is -0.0342. The van der Waals surface area contributed by atoms with E-state index in [2.05, 4.69) is 0 Å². The van der Waals surface area contributed by atoms with E-state index in [9.17, 15) is 13.6 Å². The van der Waals surface area contributed by atoms with Crippen molar-refractivity contribution in [3.63, 3.8) is 0 Å². The van der Waals surface area contributed by atoms with Gasteiger partial charge >= 0.3 is 6.09 Å². The fourth-order valence-corrected chi connectivity index (χ4v) is 3.87. The molecular formula is C22H21F2NO3. The quantitative estimate of drug-likeness (QED) is 0.783. The first kappa shape index (κ1) is 18.6. The SMILES string of the molecule is Cc1c(C2=CC3COCC(C2)N3C(=O)OCc2ccccc2)ccc(F)c1F. The van der Waals surface area contributed by atoms with Crippen LogP contribution in [-0.4, -0.2) is 36.3 Å². The van der Waals surface area contributed by atoms with Crippen molar-refractivity contribution in [1.82, 2.24) is 4.90 Å². The maximum Gasteiger partial charge on any atom is 0.411 e. The zero-order valence-corrected chi connectivity index (χ0v) is 15.5. The van der Waals surface area contributed by atoms with Crippen molar-refractivity contribution in [1.29, 1.82) is 0 Å². The molecule has 0 radical (unpaired) electrons. The molecule has 1 amide bonds. The zero-order valence-electron chi connectivity index (χ0n) is 15.5. The topological polar surface area (TPSA) is 38.8 Å². The van der Waals surface area contributed by atoms with Crippen molar-refractivity contribution in [2.24, 2.45) is 0 Å². The summed E-state index contributed by atoms with van der Waals surface area (Å²) < 4.78 is 38.6. The number of nitrogens with zero attached hydrogens (tertiary/aromatic N) is 1. The van der Waals surface area contributed by atoms with Crippen LogP contribution in [0.5, 0.6) is 0 Å². The number of carbonyl (C=O) groups is 1. The maximum absolute atomic E-state index is 14.0. The molecule has 0 spiro atoms. The van der Waals surface area contributed by atoms with Crippen LogP contribution < -0.4 is 0 Å². The van der Waals surface area contributed by atoms with Gasteiger partial charge in [-0.25, -0.2) is 13.6 Å². The Morgan fingerprint density at radius 1 is 1.18 bits per heavy atom. The Kier molecular flexibility index (Phi) is 5.13. The summed E-state index contributed by atoms with van der Waals surface area (Å²) in [6.07, 6.45) is 2.02. The summed E-state index contributed by atoms with van der Waals surface area (Å²) in [6, 6.07) is 11.7. The molecular weight excluding hydrogens is 364 g/mol. The number of hydrogen-bond donors (Lipinski definition) is 0. The zero-order chi connectivity index (χ0) is 19.7. The maximum atomic E-state index is 14.0.